The number of carbonyl (C=O) groups excluding carboxylic acids is 1. The van der Waals surface area contributed by atoms with Gasteiger partial charge in [0, 0.05) is 18.6 Å². The van der Waals surface area contributed by atoms with E-state index in [1.807, 2.05) is 17.9 Å². The molecule has 0 radical (unpaired) electrons. The molecule has 2 fully saturated rings. The van der Waals surface area contributed by atoms with Crippen molar-refractivity contribution in [3.05, 3.63) is 12.7 Å². The second-order valence-electron chi connectivity index (χ2n) is 6.20. The fourth-order valence-corrected chi connectivity index (χ4v) is 3.34. The van der Waals surface area contributed by atoms with Crippen LogP contribution in [0.15, 0.2) is 12.7 Å². The van der Waals surface area contributed by atoms with E-state index in [1.165, 1.54) is 0 Å². The Kier molecular flexibility index (Phi) is 4.10. The number of piperidine rings is 1. The van der Waals surface area contributed by atoms with Crippen molar-refractivity contribution in [1.29, 1.82) is 0 Å². The minimum atomic E-state index is -0.301. The summed E-state index contributed by atoms with van der Waals surface area (Å²) in [6.07, 6.45) is 8.39. The van der Waals surface area contributed by atoms with Crippen molar-refractivity contribution in [3.8, 4) is 0 Å². The first kappa shape index (κ1) is 13.6. The van der Waals surface area contributed by atoms with Crippen LogP contribution in [0.1, 0.15) is 45.4 Å². The Morgan fingerprint density at radius 1 is 1.33 bits per heavy atom. The predicted octanol–water partition coefficient (Wildman–Crippen LogP) is 2.32. The van der Waals surface area contributed by atoms with Crippen molar-refractivity contribution in [2.24, 2.45) is 17.6 Å². The van der Waals surface area contributed by atoms with Gasteiger partial charge in [0.2, 0.25) is 5.91 Å². The number of amides is 1. The molecule has 0 spiro atoms. The van der Waals surface area contributed by atoms with Gasteiger partial charge in [-0.15, -0.1) is 6.58 Å². The van der Waals surface area contributed by atoms with Crippen molar-refractivity contribution in [2.75, 3.05) is 13.1 Å². The second kappa shape index (κ2) is 5.43. The van der Waals surface area contributed by atoms with Crippen LogP contribution in [-0.4, -0.2) is 29.4 Å². The summed E-state index contributed by atoms with van der Waals surface area (Å²) in [5, 5.41) is 0. The van der Waals surface area contributed by atoms with Crippen LogP contribution < -0.4 is 5.73 Å². The van der Waals surface area contributed by atoms with E-state index in [1.54, 1.807) is 0 Å². The van der Waals surface area contributed by atoms with E-state index in [4.69, 9.17) is 5.73 Å². The van der Waals surface area contributed by atoms with Gasteiger partial charge in [0.1, 0.15) is 0 Å². The third-order valence-electron chi connectivity index (χ3n) is 4.74. The zero-order chi connectivity index (χ0) is 13.2. The first-order valence-corrected chi connectivity index (χ1v) is 7.25. The average molecular weight is 250 g/mol. The van der Waals surface area contributed by atoms with E-state index in [2.05, 4.69) is 6.58 Å². The number of allylic oxidation sites excluding steroid dienone is 1. The Labute approximate surface area is 110 Å². The fraction of sp³-hybridized carbons (Fsp3) is 0.800. The standard InChI is InChI=1S/C15H26N2O/c1-3-12-7-10-17(11-8-12)14(18)13-6-4-5-9-15(13,2)16/h3,12-13H,1,4-11,16H2,2H3. The first-order chi connectivity index (χ1) is 8.54. The molecule has 1 amide bonds. The summed E-state index contributed by atoms with van der Waals surface area (Å²) in [7, 11) is 0. The zero-order valence-electron chi connectivity index (χ0n) is 11.5. The van der Waals surface area contributed by atoms with E-state index in [0.29, 0.717) is 11.8 Å². The molecule has 1 aliphatic carbocycles. The Morgan fingerprint density at radius 3 is 2.56 bits per heavy atom. The van der Waals surface area contributed by atoms with Crippen LogP contribution in [0, 0.1) is 11.8 Å². The molecule has 2 aliphatic rings. The lowest BCUT2D eigenvalue weighted by molar-refractivity contribution is -0.140. The highest BCUT2D eigenvalue weighted by atomic mass is 16.2. The quantitative estimate of drug-likeness (QED) is 0.765. The lowest BCUT2D eigenvalue weighted by Crippen LogP contribution is -2.54. The maximum atomic E-state index is 12.6. The molecule has 1 saturated heterocycles. The molecule has 2 atom stereocenters. The molecule has 2 N–H and O–H groups in total. The minimum absolute atomic E-state index is 0.0338. The maximum absolute atomic E-state index is 12.6. The van der Waals surface area contributed by atoms with Crippen LogP contribution in [0.2, 0.25) is 0 Å². The number of hydrogen-bond acceptors (Lipinski definition) is 2. The fourth-order valence-electron chi connectivity index (χ4n) is 3.34. The number of nitrogens with zero attached hydrogens (tertiary/aromatic N) is 1. The van der Waals surface area contributed by atoms with Crippen LogP contribution in [0.25, 0.3) is 0 Å². The summed E-state index contributed by atoms with van der Waals surface area (Å²) in [5.41, 5.74) is 6.02. The maximum Gasteiger partial charge on any atom is 0.227 e. The number of hydrogen-bond donors (Lipinski definition) is 1. The van der Waals surface area contributed by atoms with Gasteiger partial charge in [0.15, 0.2) is 0 Å². The van der Waals surface area contributed by atoms with Gasteiger partial charge in [-0.05, 0) is 38.5 Å². The Bertz CT molecular complexity index is 316. The smallest absolute Gasteiger partial charge is 0.227 e. The Hall–Kier alpha value is -0.830. The Morgan fingerprint density at radius 2 is 2.00 bits per heavy atom. The van der Waals surface area contributed by atoms with Crippen LogP contribution in [0.4, 0.5) is 0 Å². The summed E-state index contributed by atoms with van der Waals surface area (Å²) >= 11 is 0. The van der Waals surface area contributed by atoms with Crippen molar-refractivity contribution in [1.82, 2.24) is 4.90 Å². The van der Waals surface area contributed by atoms with Crippen LogP contribution in [0.3, 0.4) is 0 Å². The molecule has 0 aromatic heterocycles. The normalized spacial score (nSPS) is 34.3. The summed E-state index contributed by atoms with van der Waals surface area (Å²) < 4.78 is 0. The number of rotatable bonds is 2. The summed E-state index contributed by atoms with van der Waals surface area (Å²) in [4.78, 5) is 14.6. The average Bonchev–Trinajstić information content (AvgIpc) is 2.37. The van der Waals surface area contributed by atoms with Gasteiger partial charge >= 0.3 is 0 Å². The lowest BCUT2D eigenvalue weighted by atomic mass is 9.73. The molecule has 2 rings (SSSR count). The number of nitrogens with two attached hydrogens (primary N) is 1. The van der Waals surface area contributed by atoms with Crippen LogP contribution in [-0.2, 0) is 4.79 Å². The van der Waals surface area contributed by atoms with Gasteiger partial charge in [0.05, 0.1) is 5.92 Å². The summed E-state index contributed by atoms with van der Waals surface area (Å²) in [6.45, 7) is 7.64. The van der Waals surface area contributed by atoms with Gasteiger partial charge in [-0.25, -0.2) is 0 Å². The molecule has 102 valence electrons. The van der Waals surface area contributed by atoms with Gasteiger partial charge < -0.3 is 10.6 Å². The molecule has 0 aromatic rings. The van der Waals surface area contributed by atoms with Gasteiger partial charge in [-0.2, -0.15) is 0 Å². The van der Waals surface area contributed by atoms with Crippen molar-refractivity contribution < 1.29 is 4.79 Å². The SMILES string of the molecule is C=CC1CCN(C(=O)C2CCCCC2(C)N)CC1. The molecule has 2 unspecified atom stereocenters. The Balaban J connectivity index is 1.96. The lowest BCUT2D eigenvalue weighted by Gasteiger charge is -2.41. The third-order valence-corrected chi connectivity index (χ3v) is 4.74. The van der Waals surface area contributed by atoms with Gasteiger partial charge in [0.25, 0.3) is 0 Å². The molecule has 3 heteroatoms. The molecular formula is C15H26N2O. The zero-order valence-corrected chi connectivity index (χ0v) is 11.5. The van der Waals surface area contributed by atoms with E-state index >= 15 is 0 Å². The third kappa shape index (κ3) is 2.77. The molecule has 1 aliphatic heterocycles. The molecule has 3 nitrogen and oxygen atoms in total. The summed E-state index contributed by atoms with van der Waals surface area (Å²) in [5.74, 6) is 0.915. The molecule has 0 aromatic carbocycles. The van der Waals surface area contributed by atoms with Gasteiger partial charge in [-0.3, -0.25) is 4.79 Å². The van der Waals surface area contributed by atoms with Crippen LogP contribution in [0.5, 0.6) is 0 Å². The van der Waals surface area contributed by atoms with E-state index < -0.39 is 0 Å². The van der Waals surface area contributed by atoms with E-state index in [-0.39, 0.29) is 11.5 Å². The highest BCUT2D eigenvalue weighted by molar-refractivity contribution is 5.80. The van der Waals surface area contributed by atoms with E-state index in [9.17, 15) is 4.79 Å². The molecule has 1 heterocycles. The predicted molar refractivity (Wildman–Crippen MR) is 74.1 cm³/mol. The van der Waals surface area contributed by atoms with Crippen LogP contribution >= 0.6 is 0 Å². The monoisotopic (exact) mass is 250 g/mol. The minimum Gasteiger partial charge on any atom is -0.342 e. The first-order valence-electron chi connectivity index (χ1n) is 7.25. The van der Waals surface area contributed by atoms with E-state index in [0.717, 1.165) is 51.6 Å². The van der Waals surface area contributed by atoms with Crippen molar-refractivity contribution in [3.63, 3.8) is 0 Å². The van der Waals surface area contributed by atoms with Crippen molar-refractivity contribution in [2.45, 2.75) is 51.0 Å². The molecule has 18 heavy (non-hydrogen) atoms. The molecule has 1 saturated carbocycles. The highest BCUT2D eigenvalue weighted by Crippen LogP contribution is 2.33. The number of carbonyl (C=O) groups is 1. The molecule has 0 bridgehead atoms. The highest BCUT2D eigenvalue weighted by Gasteiger charge is 2.40. The largest absolute Gasteiger partial charge is 0.342 e. The number of likely N-dealkylation sites (tertiary alicyclic amines) is 1. The van der Waals surface area contributed by atoms with Crippen molar-refractivity contribution >= 4 is 5.91 Å². The summed E-state index contributed by atoms with van der Waals surface area (Å²) in [6, 6.07) is 0. The van der Waals surface area contributed by atoms with Gasteiger partial charge in [-0.1, -0.05) is 18.9 Å². The topological polar surface area (TPSA) is 46.3 Å². The second-order valence-corrected chi connectivity index (χ2v) is 6.20. The molecular weight excluding hydrogens is 224 g/mol.